The first kappa shape index (κ1) is 15.6. The van der Waals surface area contributed by atoms with Crippen LogP contribution in [0.5, 0.6) is 0 Å². The number of benzene rings is 1. The molecule has 128 valence electrons. The smallest absolute Gasteiger partial charge is 0.274 e. The van der Waals surface area contributed by atoms with Gasteiger partial charge in [0.2, 0.25) is 0 Å². The summed E-state index contributed by atoms with van der Waals surface area (Å²) in [6, 6.07) is 7.31. The Kier molecular flexibility index (Phi) is 3.83. The predicted molar refractivity (Wildman–Crippen MR) is 93.4 cm³/mol. The number of rotatable bonds is 3. The van der Waals surface area contributed by atoms with Crippen LogP contribution in [0.4, 0.5) is 0 Å². The molecule has 0 unspecified atom stereocenters. The lowest BCUT2D eigenvalue weighted by Crippen LogP contribution is -2.39. The molecular weight excluding hydrogens is 318 g/mol. The fraction of sp³-hybridized carbons (Fsp3) is 0.333. The summed E-state index contributed by atoms with van der Waals surface area (Å²) in [7, 11) is 1.56. The van der Waals surface area contributed by atoms with E-state index >= 15 is 0 Å². The van der Waals surface area contributed by atoms with Crippen molar-refractivity contribution in [3.8, 4) is 0 Å². The molecule has 1 N–H and O–H groups in total. The van der Waals surface area contributed by atoms with Crippen LogP contribution in [0.1, 0.15) is 35.8 Å². The molecule has 7 nitrogen and oxygen atoms in total. The molecule has 0 aliphatic heterocycles. The van der Waals surface area contributed by atoms with Crippen LogP contribution in [0.15, 0.2) is 47.8 Å². The number of carbonyl (C=O) groups is 1. The topological polar surface area (TPSA) is 81.8 Å². The van der Waals surface area contributed by atoms with Gasteiger partial charge < -0.3 is 9.88 Å². The lowest BCUT2D eigenvalue weighted by molar-refractivity contribution is 0.0923. The summed E-state index contributed by atoms with van der Waals surface area (Å²) >= 11 is 0. The molecule has 0 radical (unpaired) electrons. The third-order valence-electron chi connectivity index (χ3n) is 4.88. The van der Waals surface area contributed by atoms with Gasteiger partial charge in [-0.3, -0.25) is 9.59 Å². The molecule has 1 aliphatic carbocycles. The van der Waals surface area contributed by atoms with Crippen LogP contribution in [0.2, 0.25) is 0 Å². The molecule has 1 aromatic carbocycles. The van der Waals surface area contributed by atoms with Gasteiger partial charge in [0.15, 0.2) is 5.69 Å². The molecule has 7 heteroatoms. The van der Waals surface area contributed by atoms with Crippen molar-refractivity contribution in [2.75, 3.05) is 0 Å². The summed E-state index contributed by atoms with van der Waals surface area (Å²) in [5, 5.41) is 8.40. The van der Waals surface area contributed by atoms with Gasteiger partial charge in [-0.05, 0) is 25.3 Å². The monoisotopic (exact) mass is 337 g/mol. The van der Waals surface area contributed by atoms with Crippen molar-refractivity contribution >= 4 is 16.7 Å². The van der Waals surface area contributed by atoms with Crippen molar-refractivity contribution in [2.24, 2.45) is 7.05 Å². The minimum absolute atomic E-state index is 0.0273. The van der Waals surface area contributed by atoms with Crippen molar-refractivity contribution in [3.05, 3.63) is 59.0 Å². The third-order valence-corrected chi connectivity index (χ3v) is 4.88. The second-order valence-corrected chi connectivity index (χ2v) is 6.41. The van der Waals surface area contributed by atoms with Crippen molar-refractivity contribution in [1.29, 1.82) is 0 Å². The molecule has 0 saturated heterocycles. The number of hydrogen-bond donors (Lipinski definition) is 1. The Bertz CT molecular complexity index is 977. The van der Waals surface area contributed by atoms with E-state index in [1.807, 2.05) is 16.8 Å². The second kappa shape index (κ2) is 6.16. The normalized spacial score (nSPS) is 20.0. The number of hydrogen-bond acceptors (Lipinski definition) is 4. The van der Waals surface area contributed by atoms with Crippen LogP contribution in [-0.4, -0.2) is 31.3 Å². The highest BCUT2D eigenvalue weighted by molar-refractivity contribution is 6.04. The van der Waals surface area contributed by atoms with Gasteiger partial charge in [0.25, 0.3) is 11.5 Å². The second-order valence-electron chi connectivity index (χ2n) is 6.41. The Hall–Kier alpha value is -2.96. The summed E-state index contributed by atoms with van der Waals surface area (Å²) in [5.41, 5.74) is 0.0817. The molecule has 3 aromatic rings. The zero-order valence-electron chi connectivity index (χ0n) is 13.9. The van der Waals surface area contributed by atoms with E-state index < -0.39 is 0 Å². The van der Waals surface area contributed by atoms with Gasteiger partial charge in [-0.25, -0.2) is 9.67 Å². The molecular formula is C18H19N5O2. The van der Waals surface area contributed by atoms with Crippen LogP contribution in [0.25, 0.3) is 10.8 Å². The molecule has 0 bridgehead atoms. The van der Waals surface area contributed by atoms with Gasteiger partial charge in [-0.2, -0.15) is 5.10 Å². The van der Waals surface area contributed by atoms with E-state index in [0.29, 0.717) is 10.8 Å². The van der Waals surface area contributed by atoms with E-state index in [0.717, 1.165) is 19.3 Å². The Balaban J connectivity index is 1.67. The quantitative estimate of drug-likeness (QED) is 0.788. The van der Waals surface area contributed by atoms with E-state index in [1.165, 1.54) is 4.68 Å². The fourth-order valence-corrected chi connectivity index (χ4v) is 3.64. The van der Waals surface area contributed by atoms with Crippen LogP contribution in [-0.2, 0) is 7.05 Å². The summed E-state index contributed by atoms with van der Waals surface area (Å²) < 4.78 is 3.27. The molecule has 25 heavy (non-hydrogen) atoms. The average Bonchev–Trinajstić information content (AvgIpc) is 3.29. The number of fused-ring (bicyclic) bond motifs is 1. The highest BCUT2D eigenvalue weighted by atomic mass is 16.2. The first-order chi connectivity index (χ1) is 12.1. The van der Waals surface area contributed by atoms with E-state index in [9.17, 15) is 9.59 Å². The van der Waals surface area contributed by atoms with Gasteiger partial charge in [-0.15, -0.1) is 0 Å². The molecule has 1 fully saturated rings. The highest BCUT2D eigenvalue weighted by Crippen LogP contribution is 2.30. The van der Waals surface area contributed by atoms with Crippen molar-refractivity contribution < 1.29 is 4.79 Å². The predicted octanol–water partition coefficient (Wildman–Crippen LogP) is 1.65. The number of imidazole rings is 1. The van der Waals surface area contributed by atoms with Crippen LogP contribution in [0, 0.1) is 0 Å². The fourth-order valence-electron chi connectivity index (χ4n) is 3.64. The average molecular weight is 337 g/mol. The Morgan fingerprint density at radius 3 is 2.80 bits per heavy atom. The summed E-state index contributed by atoms with van der Waals surface area (Å²) in [5.74, 6) is -0.246. The lowest BCUT2D eigenvalue weighted by Gasteiger charge is -2.22. The molecule has 4 rings (SSSR count). The lowest BCUT2D eigenvalue weighted by atomic mass is 10.1. The highest BCUT2D eigenvalue weighted by Gasteiger charge is 2.30. The maximum atomic E-state index is 12.9. The Morgan fingerprint density at radius 2 is 2.04 bits per heavy atom. The van der Waals surface area contributed by atoms with Gasteiger partial charge in [-0.1, -0.05) is 18.2 Å². The van der Waals surface area contributed by atoms with Crippen molar-refractivity contribution in [2.45, 2.75) is 31.3 Å². The van der Waals surface area contributed by atoms with Crippen molar-refractivity contribution in [3.63, 3.8) is 0 Å². The Labute approximate surface area is 144 Å². The zero-order valence-corrected chi connectivity index (χ0v) is 13.9. The molecule has 2 aromatic heterocycles. The number of aromatic nitrogens is 4. The van der Waals surface area contributed by atoms with Crippen LogP contribution >= 0.6 is 0 Å². The Morgan fingerprint density at radius 1 is 1.24 bits per heavy atom. The zero-order chi connectivity index (χ0) is 17.4. The van der Waals surface area contributed by atoms with Gasteiger partial charge >= 0.3 is 0 Å². The van der Waals surface area contributed by atoms with E-state index in [4.69, 9.17) is 0 Å². The van der Waals surface area contributed by atoms with E-state index in [-0.39, 0.29) is 29.2 Å². The first-order valence-electron chi connectivity index (χ1n) is 8.39. The summed E-state index contributed by atoms with van der Waals surface area (Å²) in [4.78, 5) is 29.2. The maximum Gasteiger partial charge on any atom is 0.274 e. The minimum Gasteiger partial charge on any atom is -0.346 e. The van der Waals surface area contributed by atoms with Crippen LogP contribution < -0.4 is 10.9 Å². The molecule has 0 spiro atoms. The molecule has 1 saturated carbocycles. The largest absolute Gasteiger partial charge is 0.346 e. The van der Waals surface area contributed by atoms with Crippen LogP contribution in [0.3, 0.4) is 0 Å². The molecule has 2 atom stereocenters. The third kappa shape index (κ3) is 2.71. The SMILES string of the molecule is Cn1nc(C(=O)N[C@@H]2CCC[C@@H]2n2ccnc2)c2ccccc2c1=O. The molecule has 2 heterocycles. The van der Waals surface area contributed by atoms with Gasteiger partial charge in [0.1, 0.15) is 0 Å². The number of amides is 1. The standard InChI is InChI=1S/C18H19N5O2/c1-22-18(25)13-6-3-2-5-12(13)16(21-22)17(24)20-14-7-4-8-15(14)23-10-9-19-11-23/h2-3,5-6,9-11,14-15H,4,7-8H2,1H3,(H,20,24)/t14-,15+/m1/s1. The summed E-state index contributed by atoms with van der Waals surface area (Å²) in [6.45, 7) is 0. The maximum absolute atomic E-state index is 12.9. The van der Waals surface area contributed by atoms with E-state index in [1.54, 1.807) is 37.8 Å². The number of carbonyl (C=O) groups excluding carboxylic acids is 1. The first-order valence-corrected chi connectivity index (χ1v) is 8.39. The molecule has 1 aliphatic rings. The minimum atomic E-state index is -0.246. The molecule has 1 amide bonds. The number of nitrogens with one attached hydrogen (secondary N) is 1. The van der Waals surface area contributed by atoms with Gasteiger partial charge in [0.05, 0.1) is 17.8 Å². The van der Waals surface area contributed by atoms with Crippen molar-refractivity contribution in [1.82, 2.24) is 24.6 Å². The summed E-state index contributed by atoms with van der Waals surface area (Å²) in [6.07, 6.45) is 8.43. The number of aryl methyl sites for hydroxylation is 1. The van der Waals surface area contributed by atoms with Gasteiger partial charge in [0, 0.05) is 30.9 Å². The van der Waals surface area contributed by atoms with E-state index in [2.05, 4.69) is 15.4 Å². The number of nitrogens with zero attached hydrogens (tertiary/aromatic N) is 4.